The fraction of sp³-hybridized carbons (Fsp3) is 0.571. The minimum absolute atomic E-state index is 0.0668. The molecule has 2 aliphatic rings. The molecular weight excluding hydrogens is 303 g/mol. The number of thioether (sulfide) groups is 1. The van der Waals surface area contributed by atoms with E-state index in [2.05, 4.69) is 0 Å². The lowest BCUT2D eigenvalue weighted by atomic mass is 9.95. The van der Waals surface area contributed by atoms with E-state index in [1.807, 2.05) is 12.1 Å². The Morgan fingerprint density at radius 2 is 2.00 bits per heavy atom. The van der Waals surface area contributed by atoms with Gasteiger partial charge in [0.25, 0.3) is 0 Å². The van der Waals surface area contributed by atoms with E-state index in [4.69, 9.17) is 33.0 Å². The third-order valence-corrected chi connectivity index (χ3v) is 6.55. The molecule has 1 aliphatic heterocycles. The first-order chi connectivity index (χ1) is 9.22. The van der Waals surface area contributed by atoms with Crippen molar-refractivity contribution in [3.8, 4) is 0 Å². The van der Waals surface area contributed by atoms with Crippen molar-refractivity contribution >= 4 is 35.0 Å². The second kappa shape index (κ2) is 5.82. The Kier molecular flexibility index (Phi) is 4.30. The number of fused-ring (bicyclic) bond motifs is 1. The number of aliphatic hydroxyl groups excluding tert-OH is 1. The van der Waals surface area contributed by atoms with E-state index in [9.17, 15) is 0 Å². The fourth-order valence-electron chi connectivity index (χ4n) is 3.16. The molecule has 3 rings (SSSR count). The topological polar surface area (TPSA) is 29.5 Å². The normalized spacial score (nSPS) is 26.9. The van der Waals surface area contributed by atoms with Crippen LogP contribution in [0.4, 0.5) is 0 Å². The van der Waals surface area contributed by atoms with E-state index >= 15 is 0 Å². The molecule has 0 bridgehead atoms. The second-order valence-corrected chi connectivity index (χ2v) is 7.10. The quantitative estimate of drug-likeness (QED) is 0.821. The van der Waals surface area contributed by atoms with Crippen LogP contribution in [0.25, 0.3) is 0 Å². The summed E-state index contributed by atoms with van der Waals surface area (Å²) in [4.78, 5) is 1.03. The van der Waals surface area contributed by atoms with Gasteiger partial charge in [0.1, 0.15) is 6.79 Å². The molecule has 1 heterocycles. The molecule has 0 radical (unpaired) electrons. The van der Waals surface area contributed by atoms with Crippen LogP contribution in [0.1, 0.15) is 37.4 Å². The molecule has 2 unspecified atom stereocenters. The lowest BCUT2D eigenvalue weighted by Crippen LogP contribution is -2.21. The zero-order valence-corrected chi connectivity index (χ0v) is 12.8. The number of ether oxygens (including phenoxy) is 1. The number of benzene rings is 1. The highest BCUT2D eigenvalue weighted by Crippen LogP contribution is 2.55. The van der Waals surface area contributed by atoms with E-state index in [1.54, 1.807) is 11.8 Å². The minimum atomic E-state index is -0.256. The molecular formula is C14H16Cl2O2S. The molecule has 1 N–H and O–H groups in total. The Morgan fingerprint density at radius 1 is 1.26 bits per heavy atom. The van der Waals surface area contributed by atoms with Crippen molar-refractivity contribution in [1.82, 2.24) is 0 Å². The van der Waals surface area contributed by atoms with Gasteiger partial charge in [0.15, 0.2) is 0 Å². The summed E-state index contributed by atoms with van der Waals surface area (Å²) >= 11 is 14.2. The number of aliphatic hydroxyl groups is 1. The van der Waals surface area contributed by atoms with Crippen LogP contribution in [0.5, 0.6) is 0 Å². The first-order valence-electron chi connectivity index (χ1n) is 6.59. The van der Waals surface area contributed by atoms with Crippen molar-refractivity contribution < 1.29 is 9.84 Å². The monoisotopic (exact) mass is 318 g/mol. The third-order valence-electron chi connectivity index (χ3n) is 4.06. The van der Waals surface area contributed by atoms with Gasteiger partial charge in [0, 0.05) is 10.1 Å². The Morgan fingerprint density at radius 3 is 2.68 bits per heavy atom. The molecule has 1 saturated carbocycles. The highest BCUT2D eigenvalue weighted by Gasteiger charge is 2.41. The molecule has 1 aliphatic carbocycles. The van der Waals surface area contributed by atoms with Gasteiger partial charge in [-0.2, -0.15) is 0 Å². The van der Waals surface area contributed by atoms with E-state index < -0.39 is 0 Å². The highest BCUT2D eigenvalue weighted by molar-refractivity contribution is 8.00. The van der Waals surface area contributed by atoms with Gasteiger partial charge in [-0.15, -0.1) is 11.8 Å². The molecule has 5 heteroatoms. The van der Waals surface area contributed by atoms with Crippen molar-refractivity contribution in [3.05, 3.63) is 27.7 Å². The molecule has 19 heavy (non-hydrogen) atoms. The standard InChI is InChI=1S/C14H16Cl2O2S/c15-10-6-5-9-12(18-7-17)13(8-3-1-2-4-8)19-14(9)11(10)16/h5-6,8,12-13,17H,1-4,7H2. The van der Waals surface area contributed by atoms with Crippen molar-refractivity contribution in [1.29, 1.82) is 0 Å². The van der Waals surface area contributed by atoms with E-state index in [0.29, 0.717) is 21.2 Å². The maximum atomic E-state index is 9.15. The molecule has 0 saturated heterocycles. The molecule has 2 nitrogen and oxygen atoms in total. The SMILES string of the molecule is OCOC1c2ccc(Cl)c(Cl)c2SC1C1CCCC1. The first kappa shape index (κ1) is 14.0. The summed E-state index contributed by atoms with van der Waals surface area (Å²) in [6, 6.07) is 3.79. The fourth-order valence-corrected chi connectivity index (χ4v) is 5.30. The molecule has 1 fully saturated rings. The maximum absolute atomic E-state index is 9.15. The number of hydrogen-bond acceptors (Lipinski definition) is 3. The van der Waals surface area contributed by atoms with Gasteiger partial charge in [-0.3, -0.25) is 0 Å². The number of halogens is 2. The summed E-state index contributed by atoms with van der Waals surface area (Å²) in [5, 5.41) is 10.7. The van der Waals surface area contributed by atoms with Crippen LogP contribution in [-0.4, -0.2) is 17.1 Å². The van der Waals surface area contributed by atoms with Crippen LogP contribution in [0.3, 0.4) is 0 Å². The zero-order chi connectivity index (χ0) is 13.4. The Labute approximate surface area is 127 Å². The Hall–Kier alpha value is 0.0700. The lowest BCUT2D eigenvalue weighted by Gasteiger charge is -2.24. The average Bonchev–Trinajstić information content (AvgIpc) is 3.02. The molecule has 1 aromatic rings. The summed E-state index contributed by atoms with van der Waals surface area (Å²) in [5.41, 5.74) is 1.07. The van der Waals surface area contributed by atoms with Crippen LogP contribution >= 0.6 is 35.0 Å². The summed E-state index contributed by atoms with van der Waals surface area (Å²) in [6.07, 6.45) is 4.99. The van der Waals surface area contributed by atoms with Gasteiger partial charge in [0.05, 0.1) is 16.1 Å². The molecule has 0 aromatic heterocycles. The predicted octanol–water partition coefficient (Wildman–Crippen LogP) is 4.67. The van der Waals surface area contributed by atoms with Crippen LogP contribution in [-0.2, 0) is 4.74 Å². The summed E-state index contributed by atoms with van der Waals surface area (Å²) < 4.78 is 5.58. The Balaban J connectivity index is 1.94. The largest absolute Gasteiger partial charge is 0.371 e. The zero-order valence-electron chi connectivity index (χ0n) is 10.4. The van der Waals surface area contributed by atoms with E-state index in [0.717, 1.165) is 10.5 Å². The summed E-state index contributed by atoms with van der Waals surface area (Å²) in [7, 11) is 0. The van der Waals surface area contributed by atoms with Crippen molar-refractivity contribution in [2.24, 2.45) is 5.92 Å². The maximum Gasteiger partial charge on any atom is 0.144 e. The van der Waals surface area contributed by atoms with Gasteiger partial charge in [0.2, 0.25) is 0 Å². The van der Waals surface area contributed by atoms with Crippen LogP contribution < -0.4 is 0 Å². The van der Waals surface area contributed by atoms with Gasteiger partial charge in [-0.25, -0.2) is 0 Å². The van der Waals surface area contributed by atoms with Crippen LogP contribution in [0.2, 0.25) is 10.0 Å². The molecule has 0 spiro atoms. The molecule has 1 aromatic carbocycles. The summed E-state index contributed by atoms with van der Waals surface area (Å²) in [5.74, 6) is 0.642. The van der Waals surface area contributed by atoms with Crippen LogP contribution in [0.15, 0.2) is 17.0 Å². The van der Waals surface area contributed by atoms with Crippen molar-refractivity contribution in [3.63, 3.8) is 0 Å². The second-order valence-electron chi connectivity index (χ2n) is 5.12. The van der Waals surface area contributed by atoms with Crippen LogP contribution in [0, 0.1) is 5.92 Å². The van der Waals surface area contributed by atoms with Crippen molar-refractivity contribution in [2.45, 2.75) is 41.9 Å². The van der Waals surface area contributed by atoms with Gasteiger partial charge in [-0.05, 0) is 30.4 Å². The van der Waals surface area contributed by atoms with E-state index in [-0.39, 0.29) is 12.9 Å². The number of hydrogen-bond donors (Lipinski definition) is 1. The first-order valence-corrected chi connectivity index (χ1v) is 8.23. The average molecular weight is 319 g/mol. The minimum Gasteiger partial charge on any atom is -0.371 e. The smallest absolute Gasteiger partial charge is 0.144 e. The third kappa shape index (κ3) is 2.52. The van der Waals surface area contributed by atoms with Gasteiger partial charge in [-0.1, -0.05) is 42.1 Å². The molecule has 2 atom stereocenters. The predicted molar refractivity (Wildman–Crippen MR) is 79.0 cm³/mol. The Bertz CT molecular complexity index is 475. The molecule has 0 amide bonds. The van der Waals surface area contributed by atoms with Gasteiger partial charge < -0.3 is 9.84 Å². The highest BCUT2D eigenvalue weighted by atomic mass is 35.5. The lowest BCUT2D eigenvalue weighted by molar-refractivity contribution is -0.0560. The van der Waals surface area contributed by atoms with E-state index in [1.165, 1.54) is 25.7 Å². The molecule has 104 valence electrons. The van der Waals surface area contributed by atoms with Crippen molar-refractivity contribution in [2.75, 3.05) is 6.79 Å². The number of rotatable bonds is 3. The van der Waals surface area contributed by atoms with Gasteiger partial charge >= 0.3 is 0 Å². The summed E-state index contributed by atoms with van der Waals surface area (Å²) in [6.45, 7) is -0.256.